The fourth-order valence-electron chi connectivity index (χ4n) is 0.929. The van der Waals surface area contributed by atoms with E-state index in [2.05, 4.69) is 10.1 Å². The van der Waals surface area contributed by atoms with E-state index in [1.807, 2.05) is 0 Å². The quantitative estimate of drug-likeness (QED) is 0.625. The van der Waals surface area contributed by atoms with Crippen molar-refractivity contribution in [1.29, 1.82) is 0 Å². The number of carbonyl (C=O) groups is 1. The lowest BCUT2D eigenvalue weighted by molar-refractivity contribution is -0.383. The van der Waals surface area contributed by atoms with Crippen LogP contribution in [0, 0.1) is 10.1 Å². The van der Waals surface area contributed by atoms with Gasteiger partial charge in [-0.2, -0.15) is 0 Å². The fourth-order valence-corrected chi connectivity index (χ4v) is 1.10. The van der Waals surface area contributed by atoms with Gasteiger partial charge in [-0.1, -0.05) is 11.6 Å². The average molecular weight is 231 g/mol. The molecule has 15 heavy (non-hydrogen) atoms. The van der Waals surface area contributed by atoms with Gasteiger partial charge >= 0.3 is 6.09 Å². The zero-order valence-electron chi connectivity index (χ0n) is 7.69. The number of anilines is 1. The number of methoxy groups -OCH3 is 1. The third-order valence-corrected chi connectivity index (χ3v) is 1.81. The number of halogens is 1. The van der Waals surface area contributed by atoms with Crippen molar-refractivity contribution in [2.24, 2.45) is 0 Å². The van der Waals surface area contributed by atoms with Crippen molar-refractivity contribution in [3.63, 3.8) is 0 Å². The molecule has 1 amide bonds. The standard InChI is InChI=1S/C8H7ClN2O4/c1-15-8(12)10-6-4-5(9)2-3-7(6)11(13)14/h2-4H,1H3,(H,10,12). The molecule has 80 valence electrons. The number of nitro groups is 1. The molecule has 0 fully saturated rings. The Morgan fingerprint density at radius 3 is 2.80 bits per heavy atom. The zero-order valence-corrected chi connectivity index (χ0v) is 8.45. The molecule has 0 unspecified atom stereocenters. The SMILES string of the molecule is COC(=O)Nc1cc(Cl)ccc1[N+](=O)[O-]. The van der Waals surface area contributed by atoms with E-state index in [1.165, 1.54) is 18.2 Å². The van der Waals surface area contributed by atoms with Crippen LogP contribution in [0.5, 0.6) is 0 Å². The van der Waals surface area contributed by atoms with Crippen molar-refractivity contribution in [3.8, 4) is 0 Å². The van der Waals surface area contributed by atoms with E-state index in [1.54, 1.807) is 0 Å². The van der Waals surface area contributed by atoms with E-state index in [0.717, 1.165) is 7.11 Å². The lowest BCUT2D eigenvalue weighted by Crippen LogP contribution is -2.12. The molecule has 0 aliphatic rings. The Morgan fingerprint density at radius 1 is 1.60 bits per heavy atom. The minimum Gasteiger partial charge on any atom is -0.453 e. The summed E-state index contributed by atoms with van der Waals surface area (Å²) in [6, 6.07) is 3.84. The van der Waals surface area contributed by atoms with Crippen LogP contribution in [-0.2, 0) is 4.74 Å². The number of carbonyl (C=O) groups excluding carboxylic acids is 1. The van der Waals surface area contributed by atoms with E-state index in [4.69, 9.17) is 11.6 Å². The van der Waals surface area contributed by atoms with E-state index in [0.29, 0.717) is 0 Å². The van der Waals surface area contributed by atoms with Crippen LogP contribution in [0.2, 0.25) is 5.02 Å². The highest BCUT2D eigenvalue weighted by atomic mass is 35.5. The molecule has 1 aromatic carbocycles. The van der Waals surface area contributed by atoms with Gasteiger partial charge in [0.1, 0.15) is 5.69 Å². The Hall–Kier alpha value is -1.82. The molecule has 1 aromatic rings. The highest BCUT2D eigenvalue weighted by molar-refractivity contribution is 6.31. The maximum Gasteiger partial charge on any atom is 0.411 e. The molecular formula is C8H7ClN2O4. The van der Waals surface area contributed by atoms with Crippen LogP contribution >= 0.6 is 11.6 Å². The van der Waals surface area contributed by atoms with Crippen LogP contribution < -0.4 is 5.32 Å². The Kier molecular flexibility index (Phi) is 3.46. The van der Waals surface area contributed by atoms with Crippen LogP contribution in [0.25, 0.3) is 0 Å². The molecule has 0 heterocycles. The molecule has 0 aromatic heterocycles. The molecule has 0 aliphatic heterocycles. The van der Waals surface area contributed by atoms with Gasteiger partial charge in [0.2, 0.25) is 0 Å². The lowest BCUT2D eigenvalue weighted by Gasteiger charge is -2.04. The number of amides is 1. The minimum absolute atomic E-state index is 0.000602. The number of rotatable bonds is 2. The third kappa shape index (κ3) is 2.81. The summed E-state index contributed by atoms with van der Waals surface area (Å²) in [5, 5.41) is 13.1. The summed E-state index contributed by atoms with van der Waals surface area (Å²) in [5.74, 6) is 0. The molecule has 0 spiro atoms. The predicted molar refractivity (Wildman–Crippen MR) is 54.1 cm³/mol. The zero-order chi connectivity index (χ0) is 11.4. The molecular weight excluding hydrogens is 224 g/mol. The first kappa shape index (κ1) is 11.3. The smallest absolute Gasteiger partial charge is 0.411 e. The van der Waals surface area contributed by atoms with Gasteiger partial charge in [-0.25, -0.2) is 4.79 Å². The van der Waals surface area contributed by atoms with Gasteiger partial charge in [0.25, 0.3) is 5.69 Å². The van der Waals surface area contributed by atoms with Gasteiger partial charge in [0.15, 0.2) is 0 Å². The summed E-state index contributed by atoms with van der Waals surface area (Å²) in [7, 11) is 1.16. The van der Waals surface area contributed by atoms with Crippen LogP contribution in [0.4, 0.5) is 16.2 Å². The molecule has 0 radical (unpaired) electrons. The normalized spacial score (nSPS) is 9.47. The molecule has 0 saturated carbocycles. The van der Waals surface area contributed by atoms with Crippen LogP contribution in [0.3, 0.4) is 0 Å². The van der Waals surface area contributed by atoms with Gasteiger partial charge in [-0.15, -0.1) is 0 Å². The molecule has 7 heteroatoms. The van der Waals surface area contributed by atoms with E-state index < -0.39 is 11.0 Å². The van der Waals surface area contributed by atoms with Crippen LogP contribution in [-0.4, -0.2) is 18.1 Å². The number of benzene rings is 1. The fraction of sp³-hybridized carbons (Fsp3) is 0.125. The molecule has 1 rings (SSSR count). The highest BCUT2D eigenvalue weighted by Crippen LogP contribution is 2.27. The van der Waals surface area contributed by atoms with Crippen LogP contribution in [0.15, 0.2) is 18.2 Å². The largest absolute Gasteiger partial charge is 0.453 e. The number of nitrogens with zero attached hydrogens (tertiary/aromatic N) is 1. The van der Waals surface area contributed by atoms with Crippen molar-refractivity contribution in [2.75, 3.05) is 12.4 Å². The number of hydrogen-bond acceptors (Lipinski definition) is 4. The first-order valence-electron chi connectivity index (χ1n) is 3.83. The maximum atomic E-state index is 10.9. The number of hydrogen-bond donors (Lipinski definition) is 1. The summed E-state index contributed by atoms with van der Waals surface area (Å²) < 4.78 is 4.31. The van der Waals surface area contributed by atoms with Crippen molar-refractivity contribution in [1.82, 2.24) is 0 Å². The monoisotopic (exact) mass is 230 g/mol. The Labute approximate surface area is 89.9 Å². The highest BCUT2D eigenvalue weighted by Gasteiger charge is 2.15. The van der Waals surface area contributed by atoms with Gasteiger partial charge in [-0.05, 0) is 12.1 Å². The summed E-state index contributed by atoms with van der Waals surface area (Å²) in [4.78, 5) is 20.8. The van der Waals surface area contributed by atoms with Gasteiger partial charge < -0.3 is 4.74 Å². The molecule has 6 nitrogen and oxygen atoms in total. The summed E-state index contributed by atoms with van der Waals surface area (Å²) in [6.45, 7) is 0. The van der Waals surface area contributed by atoms with E-state index >= 15 is 0 Å². The molecule has 0 aliphatic carbocycles. The van der Waals surface area contributed by atoms with Gasteiger partial charge in [0.05, 0.1) is 12.0 Å². The molecule has 0 bridgehead atoms. The number of ether oxygens (including phenoxy) is 1. The van der Waals surface area contributed by atoms with Gasteiger partial charge in [-0.3, -0.25) is 15.4 Å². The summed E-state index contributed by atoms with van der Waals surface area (Å²) >= 11 is 5.63. The second-order valence-corrected chi connectivity index (χ2v) is 2.97. The topological polar surface area (TPSA) is 81.5 Å². The second-order valence-electron chi connectivity index (χ2n) is 2.54. The number of nitrogens with one attached hydrogen (secondary N) is 1. The lowest BCUT2D eigenvalue weighted by atomic mass is 10.3. The first-order valence-corrected chi connectivity index (χ1v) is 4.21. The second kappa shape index (κ2) is 4.61. The van der Waals surface area contributed by atoms with Crippen molar-refractivity contribution in [3.05, 3.63) is 33.3 Å². The Balaban J connectivity index is 3.07. The van der Waals surface area contributed by atoms with Crippen molar-refractivity contribution in [2.45, 2.75) is 0 Å². The summed E-state index contributed by atoms with van der Waals surface area (Å²) in [5.41, 5.74) is -0.246. The summed E-state index contributed by atoms with van der Waals surface area (Å²) in [6.07, 6.45) is -0.791. The maximum absolute atomic E-state index is 10.9. The minimum atomic E-state index is -0.791. The Morgan fingerprint density at radius 2 is 2.27 bits per heavy atom. The van der Waals surface area contributed by atoms with E-state index in [-0.39, 0.29) is 16.4 Å². The third-order valence-electron chi connectivity index (χ3n) is 1.58. The molecule has 0 atom stereocenters. The first-order chi connectivity index (χ1) is 7.04. The van der Waals surface area contributed by atoms with Crippen molar-refractivity contribution < 1.29 is 14.5 Å². The van der Waals surface area contributed by atoms with E-state index in [9.17, 15) is 14.9 Å². The number of nitro benzene ring substituents is 1. The molecule has 0 saturated heterocycles. The predicted octanol–water partition coefficient (Wildman–Crippen LogP) is 2.43. The van der Waals surface area contributed by atoms with Crippen molar-refractivity contribution >= 4 is 29.1 Å². The average Bonchev–Trinajstić information content (AvgIpc) is 2.17. The Bertz CT molecular complexity index is 408. The van der Waals surface area contributed by atoms with Gasteiger partial charge in [0, 0.05) is 11.1 Å². The van der Waals surface area contributed by atoms with Crippen LogP contribution in [0.1, 0.15) is 0 Å². The molecule has 1 N–H and O–H groups in total.